The number of aromatic nitrogens is 1. The number of likely N-dealkylation sites (tertiary alicyclic amines) is 1. The van der Waals surface area contributed by atoms with Crippen LogP contribution in [0.2, 0.25) is 5.02 Å². The summed E-state index contributed by atoms with van der Waals surface area (Å²) < 4.78 is 0. The Morgan fingerprint density at radius 1 is 1.47 bits per heavy atom. The lowest BCUT2D eigenvalue weighted by atomic mass is 10.2. The zero-order valence-corrected chi connectivity index (χ0v) is 10.2. The van der Waals surface area contributed by atoms with Crippen LogP contribution in [0.3, 0.4) is 0 Å². The number of pyridine rings is 1. The SMILES string of the molecule is O=C1C[C@H](Nc2ccncc2Cl)CN1C1CC1. The van der Waals surface area contributed by atoms with E-state index in [1.807, 2.05) is 11.0 Å². The van der Waals surface area contributed by atoms with Gasteiger partial charge < -0.3 is 10.2 Å². The van der Waals surface area contributed by atoms with Crippen LogP contribution in [0.15, 0.2) is 18.5 Å². The summed E-state index contributed by atoms with van der Waals surface area (Å²) in [6.45, 7) is 0.794. The number of carbonyl (C=O) groups is 1. The van der Waals surface area contributed by atoms with Crippen LogP contribution in [0.25, 0.3) is 0 Å². The third-order valence-electron chi connectivity index (χ3n) is 3.28. The Morgan fingerprint density at radius 3 is 3.00 bits per heavy atom. The minimum Gasteiger partial charge on any atom is -0.379 e. The summed E-state index contributed by atoms with van der Waals surface area (Å²) in [7, 11) is 0. The van der Waals surface area contributed by atoms with Crippen LogP contribution in [0.5, 0.6) is 0 Å². The molecule has 0 spiro atoms. The number of amides is 1. The number of hydrogen-bond acceptors (Lipinski definition) is 3. The third-order valence-corrected chi connectivity index (χ3v) is 3.58. The van der Waals surface area contributed by atoms with Crippen LogP contribution in [0.1, 0.15) is 19.3 Å². The first-order chi connectivity index (χ1) is 8.24. The molecule has 1 saturated heterocycles. The van der Waals surface area contributed by atoms with E-state index >= 15 is 0 Å². The van der Waals surface area contributed by atoms with E-state index in [1.165, 1.54) is 0 Å². The fourth-order valence-electron chi connectivity index (χ4n) is 2.28. The molecule has 1 saturated carbocycles. The highest BCUT2D eigenvalue weighted by Gasteiger charge is 2.39. The van der Waals surface area contributed by atoms with E-state index < -0.39 is 0 Å². The predicted molar refractivity (Wildman–Crippen MR) is 66.0 cm³/mol. The van der Waals surface area contributed by atoms with Gasteiger partial charge in [0.15, 0.2) is 0 Å². The van der Waals surface area contributed by atoms with E-state index in [4.69, 9.17) is 11.6 Å². The Labute approximate surface area is 105 Å². The summed E-state index contributed by atoms with van der Waals surface area (Å²) in [6.07, 6.45) is 6.20. The van der Waals surface area contributed by atoms with Crippen molar-refractivity contribution in [1.29, 1.82) is 0 Å². The largest absolute Gasteiger partial charge is 0.379 e. The molecule has 1 N–H and O–H groups in total. The summed E-state index contributed by atoms with van der Waals surface area (Å²) in [5.41, 5.74) is 0.858. The average molecular weight is 252 g/mol. The molecule has 2 aliphatic rings. The Morgan fingerprint density at radius 2 is 2.29 bits per heavy atom. The van der Waals surface area contributed by atoms with Gasteiger partial charge in [0, 0.05) is 31.4 Å². The zero-order valence-electron chi connectivity index (χ0n) is 9.40. The highest BCUT2D eigenvalue weighted by molar-refractivity contribution is 6.33. The van der Waals surface area contributed by atoms with Crippen LogP contribution >= 0.6 is 11.6 Å². The monoisotopic (exact) mass is 251 g/mol. The number of nitrogens with one attached hydrogen (secondary N) is 1. The summed E-state index contributed by atoms with van der Waals surface area (Å²) in [5.74, 6) is 0.259. The van der Waals surface area contributed by atoms with E-state index in [-0.39, 0.29) is 11.9 Å². The van der Waals surface area contributed by atoms with Crippen molar-refractivity contribution in [3.63, 3.8) is 0 Å². The van der Waals surface area contributed by atoms with Gasteiger partial charge in [-0.2, -0.15) is 0 Å². The lowest BCUT2D eigenvalue weighted by Gasteiger charge is -2.17. The molecule has 1 aromatic heterocycles. The molecule has 1 aliphatic heterocycles. The van der Waals surface area contributed by atoms with Crippen LogP contribution < -0.4 is 5.32 Å². The van der Waals surface area contributed by atoms with Gasteiger partial charge >= 0.3 is 0 Å². The third kappa shape index (κ3) is 2.22. The first-order valence-electron chi connectivity index (χ1n) is 5.89. The Bertz CT molecular complexity index is 447. The van der Waals surface area contributed by atoms with Crippen molar-refractivity contribution in [2.45, 2.75) is 31.3 Å². The second-order valence-electron chi connectivity index (χ2n) is 4.68. The van der Waals surface area contributed by atoms with Gasteiger partial charge in [-0.25, -0.2) is 0 Å². The lowest BCUT2D eigenvalue weighted by molar-refractivity contribution is -0.128. The summed E-state index contributed by atoms with van der Waals surface area (Å²) in [4.78, 5) is 17.7. The zero-order chi connectivity index (χ0) is 11.8. The Balaban J connectivity index is 1.67. The molecule has 17 heavy (non-hydrogen) atoms. The molecule has 0 radical (unpaired) electrons. The van der Waals surface area contributed by atoms with Gasteiger partial charge in [0.05, 0.1) is 16.8 Å². The molecule has 0 bridgehead atoms. The van der Waals surface area contributed by atoms with Gasteiger partial charge in [-0.1, -0.05) is 11.6 Å². The molecule has 5 heteroatoms. The molecule has 90 valence electrons. The van der Waals surface area contributed by atoms with Crippen LogP contribution in [-0.2, 0) is 4.79 Å². The van der Waals surface area contributed by atoms with E-state index in [2.05, 4.69) is 10.3 Å². The van der Waals surface area contributed by atoms with Crippen molar-refractivity contribution >= 4 is 23.2 Å². The summed E-state index contributed by atoms with van der Waals surface area (Å²) in [5, 5.41) is 3.92. The quantitative estimate of drug-likeness (QED) is 0.893. The smallest absolute Gasteiger partial charge is 0.225 e. The van der Waals surface area contributed by atoms with Gasteiger partial charge in [-0.15, -0.1) is 0 Å². The average Bonchev–Trinajstić information content (AvgIpc) is 3.07. The molecule has 2 heterocycles. The fraction of sp³-hybridized carbons (Fsp3) is 0.500. The van der Waals surface area contributed by atoms with Crippen molar-refractivity contribution in [3.05, 3.63) is 23.5 Å². The van der Waals surface area contributed by atoms with Crippen molar-refractivity contribution < 1.29 is 4.79 Å². The normalized spacial score (nSPS) is 24.2. The molecular formula is C12H14ClN3O. The van der Waals surface area contributed by atoms with E-state index in [9.17, 15) is 4.79 Å². The minimum absolute atomic E-state index is 0.169. The number of carbonyl (C=O) groups excluding carboxylic acids is 1. The molecule has 1 atom stereocenters. The number of hydrogen-bond donors (Lipinski definition) is 1. The molecular weight excluding hydrogens is 238 g/mol. The van der Waals surface area contributed by atoms with Gasteiger partial charge in [0.2, 0.25) is 5.91 Å². The molecule has 4 nitrogen and oxygen atoms in total. The number of nitrogens with zero attached hydrogens (tertiary/aromatic N) is 2. The van der Waals surface area contributed by atoms with Crippen molar-refractivity contribution in [1.82, 2.24) is 9.88 Å². The standard InChI is InChI=1S/C12H14ClN3O/c13-10-6-14-4-3-11(10)15-8-5-12(17)16(7-8)9-1-2-9/h3-4,6,8-9H,1-2,5,7H2,(H,14,15)/t8-/m0/s1. The number of halogens is 1. The maximum absolute atomic E-state index is 11.8. The molecule has 1 aliphatic carbocycles. The summed E-state index contributed by atoms with van der Waals surface area (Å²) in [6, 6.07) is 2.51. The van der Waals surface area contributed by atoms with Gasteiger partial charge in [0.1, 0.15) is 0 Å². The van der Waals surface area contributed by atoms with Crippen molar-refractivity contribution in [2.24, 2.45) is 0 Å². The highest BCUT2D eigenvalue weighted by Crippen LogP contribution is 2.32. The first-order valence-corrected chi connectivity index (χ1v) is 6.27. The maximum Gasteiger partial charge on any atom is 0.225 e. The second kappa shape index (κ2) is 4.18. The van der Waals surface area contributed by atoms with E-state index in [0.29, 0.717) is 17.5 Å². The van der Waals surface area contributed by atoms with Crippen molar-refractivity contribution in [2.75, 3.05) is 11.9 Å². The van der Waals surface area contributed by atoms with Crippen LogP contribution in [0.4, 0.5) is 5.69 Å². The molecule has 0 unspecified atom stereocenters. The molecule has 0 aromatic carbocycles. The van der Waals surface area contributed by atoms with Gasteiger partial charge in [0.25, 0.3) is 0 Å². The van der Waals surface area contributed by atoms with Crippen LogP contribution in [0, 0.1) is 0 Å². The Kier molecular flexibility index (Phi) is 2.67. The van der Waals surface area contributed by atoms with E-state index in [1.54, 1.807) is 12.4 Å². The van der Waals surface area contributed by atoms with Crippen molar-refractivity contribution in [3.8, 4) is 0 Å². The number of rotatable bonds is 3. The van der Waals surface area contributed by atoms with E-state index in [0.717, 1.165) is 25.1 Å². The fourth-order valence-corrected chi connectivity index (χ4v) is 2.45. The molecule has 2 fully saturated rings. The highest BCUT2D eigenvalue weighted by atomic mass is 35.5. The van der Waals surface area contributed by atoms with Crippen LogP contribution in [-0.4, -0.2) is 34.4 Å². The molecule has 1 aromatic rings. The topological polar surface area (TPSA) is 45.2 Å². The molecule has 3 rings (SSSR count). The van der Waals surface area contributed by atoms with Gasteiger partial charge in [-0.3, -0.25) is 9.78 Å². The Hall–Kier alpha value is -1.29. The molecule has 1 amide bonds. The predicted octanol–water partition coefficient (Wildman–Crippen LogP) is 1.91. The van der Waals surface area contributed by atoms with Gasteiger partial charge in [-0.05, 0) is 18.9 Å². The lowest BCUT2D eigenvalue weighted by Crippen LogP contribution is -2.29. The number of anilines is 1. The maximum atomic E-state index is 11.8. The summed E-state index contributed by atoms with van der Waals surface area (Å²) >= 11 is 6.03. The second-order valence-corrected chi connectivity index (χ2v) is 5.09. The first kappa shape index (κ1) is 10.8. The minimum atomic E-state index is 0.169.